The van der Waals surface area contributed by atoms with E-state index in [-0.39, 0.29) is 17.3 Å². The monoisotopic (exact) mass is 422 g/mol. The molecule has 2 N–H and O–H groups in total. The predicted molar refractivity (Wildman–Crippen MR) is 111 cm³/mol. The van der Waals surface area contributed by atoms with Crippen molar-refractivity contribution >= 4 is 38.9 Å². The molecule has 0 aliphatic rings. The quantitative estimate of drug-likeness (QED) is 0.605. The molecule has 0 fully saturated rings. The van der Waals surface area contributed by atoms with E-state index in [1.165, 1.54) is 0 Å². The van der Waals surface area contributed by atoms with Crippen LogP contribution in [0, 0.1) is 0 Å². The highest BCUT2D eigenvalue weighted by atomic mass is 35.5. The number of anilines is 1. The number of amides is 2. The molecule has 0 atom stereocenters. The van der Waals surface area contributed by atoms with E-state index in [9.17, 15) is 18.0 Å². The highest BCUT2D eigenvalue weighted by Crippen LogP contribution is 2.16. The average Bonchev–Trinajstić information content (AvgIpc) is 2.63. The molecular weight excluding hydrogens is 400 g/mol. The third kappa shape index (κ3) is 6.98. The number of hydrogen-bond acceptors (Lipinski definition) is 4. The Labute approximate surface area is 170 Å². The van der Waals surface area contributed by atoms with E-state index in [0.29, 0.717) is 22.7 Å². The van der Waals surface area contributed by atoms with Crippen molar-refractivity contribution in [2.45, 2.75) is 25.5 Å². The summed E-state index contributed by atoms with van der Waals surface area (Å²) in [6.07, 6.45) is 1.80. The predicted octanol–water partition coefficient (Wildman–Crippen LogP) is 3.42. The summed E-state index contributed by atoms with van der Waals surface area (Å²) in [6.45, 7) is 2.55. The smallest absolute Gasteiger partial charge is 0.253 e. The van der Waals surface area contributed by atoms with Crippen LogP contribution in [0.15, 0.2) is 48.5 Å². The minimum absolute atomic E-state index is 0.267. The first-order valence-corrected chi connectivity index (χ1v) is 11.1. The number of nitrogens with one attached hydrogen (secondary N) is 2. The van der Waals surface area contributed by atoms with E-state index in [2.05, 4.69) is 10.6 Å². The molecule has 0 saturated heterocycles. The van der Waals surface area contributed by atoms with E-state index < -0.39 is 21.5 Å². The molecule has 0 heterocycles. The first-order valence-electron chi connectivity index (χ1n) is 8.92. The molecule has 2 amide bonds. The first-order chi connectivity index (χ1) is 13.3. The molecule has 150 valence electrons. The maximum absolute atomic E-state index is 12.3. The number of para-hydroxylation sites is 1. The molecule has 0 unspecified atom stereocenters. The molecule has 2 aromatic carbocycles. The Morgan fingerprint density at radius 3 is 2.39 bits per heavy atom. The second kappa shape index (κ2) is 10.2. The summed E-state index contributed by atoms with van der Waals surface area (Å²) >= 11 is 5.79. The van der Waals surface area contributed by atoms with Crippen LogP contribution < -0.4 is 10.6 Å². The van der Waals surface area contributed by atoms with Crippen molar-refractivity contribution in [3.05, 3.63) is 64.7 Å². The zero-order valence-electron chi connectivity index (χ0n) is 15.6. The molecule has 28 heavy (non-hydrogen) atoms. The van der Waals surface area contributed by atoms with Gasteiger partial charge in [-0.1, -0.05) is 49.2 Å². The summed E-state index contributed by atoms with van der Waals surface area (Å²) in [6, 6.07) is 12.9. The van der Waals surface area contributed by atoms with Crippen molar-refractivity contribution in [1.29, 1.82) is 0 Å². The van der Waals surface area contributed by atoms with Gasteiger partial charge in [0.25, 0.3) is 5.91 Å². The Balaban J connectivity index is 2.02. The van der Waals surface area contributed by atoms with Gasteiger partial charge >= 0.3 is 0 Å². The largest absolute Gasteiger partial charge is 0.352 e. The Morgan fingerprint density at radius 1 is 1.04 bits per heavy atom. The van der Waals surface area contributed by atoms with Crippen LogP contribution in [0.3, 0.4) is 0 Å². The lowest BCUT2D eigenvalue weighted by Crippen LogP contribution is -2.28. The number of hydrogen-bond donors (Lipinski definition) is 2. The summed E-state index contributed by atoms with van der Waals surface area (Å²) in [5.41, 5.74) is 1.12. The van der Waals surface area contributed by atoms with Crippen LogP contribution in [-0.2, 0) is 20.4 Å². The van der Waals surface area contributed by atoms with Crippen molar-refractivity contribution in [2.75, 3.05) is 17.6 Å². The Morgan fingerprint density at radius 2 is 1.71 bits per heavy atom. The third-order valence-corrected chi connectivity index (χ3v) is 5.64. The Bertz CT molecular complexity index is 927. The number of rotatable bonds is 9. The van der Waals surface area contributed by atoms with Crippen LogP contribution in [0.2, 0.25) is 5.02 Å². The van der Waals surface area contributed by atoms with Crippen LogP contribution in [0.5, 0.6) is 0 Å². The molecule has 0 spiro atoms. The molecule has 0 bridgehead atoms. The summed E-state index contributed by atoms with van der Waals surface area (Å²) in [7, 11) is -3.67. The van der Waals surface area contributed by atoms with Gasteiger partial charge in [-0.25, -0.2) is 8.42 Å². The summed E-state index contributed by atoms with van der Waals surface area (Å²) in [5, 5.41) is 5.82. The van der Waals surface area contributed by atoms with E-state index in [4.69, 9.17) is 11.6 Å². The fraction of sp³-hybridized carbons (Fsp3) is 0.300. The zero-order chi connectivity index (χ0) is 20.6. The second-order valence-corrected chi connectivity index (χ2v) is 8.86. The van der Waals surface area contributed by atoms with Crippen molar-refractivity contribution in [1.82, 2.24) is 5.32 Å². The Hall–Kier alpha value is -2.38. The fourth-order valence-electron chi connectivity index (χ4n) is 2.54. The first kappa shape index (κ1) is 21.9. The van der Waals surface area contributed by atoms with E-state index in [0.717, 1.165) is 12.8 Å². The average molecular weight is 423 g/mol. The minimum Gasteiger partial charge on any atom is -0.352 e. The molecule has 2 rings (SSSR count). The summed E-state index contributed by atoms with van der Waals surface area (Å²) in [5.74, 6) is -1.95. The van der Waals surface area contributed by atoms with Gasteiger partial charge in [-0.2, -0.15) is 0 Å². The standard InChI is InChI=1S/C20H23ClN2O4S/c1-2-3-12-22-20(25)17-6-4-5-7-18(17)23-19(24)14-28(26,27)13-15-8-10-16(21)11-9-15/h4-11H,2-3,12-14H2,1H3,(H,22,25)(H,23,24). The molecule has 0 saturated carbocycles. The molecule has 2 aromatic rings. The molecule has 6 nitrogen and oxygen atoms in total. The van der Waals surface area contributed by atoms with Gasteiger partial charge in [0, 0.05) is 11.6 Å². The zero-order valence-corrected chi connectivity index (χ0v) is 17.1. The molecule has 8 heteroatoms. The number of benzene rings is 2. The van der Waals surface area contributed by atoms with Gasteiger partial charge in [-0.15, -0.1) is 0 Å². The lowest BCUT2D eigenvalue weighted by molar-refractivity contribution is -0.113. The lowest BCUT2D eigenvalue weighted by Gasteiger charge is -2.11. The number of halogens is 1. The number of unbranched alkanes of at least 4 members (excludes halogenated alkanes) is 1. The van der Waals surface area contributed by atoms with Gasteiger partial charge in [0.05, 0.1) is 17.0 Å². The fourth-order valence-corrected chi connectivity index (χ4v) is 3.94. The molecule has 0 aliphatic heterocycles. The molecule has 0 aromatic heterocycles. The van der Waals surface area contributed by atoms with E-state index in [1.807, 2.05) is 6.92 Å². The van der Waals surface area contributed by atoms with Gasteiger partial charge in [-0.3, -0.25) is 9.59 Å². The second-order valence-electron chi connectivity index (χ2n) is 6.36. The van der Waals surface area contributed by atoms with Gasteiger partial charge in [0.2, 0.25) is 5.91 Å². The van der Waals surface area contributed by atoms with Crippen LogP contribution in [0.4, 0.5) is 5.69 Å². The summed E-state index contributed by atoms with van der Waals surface area (Å²) < 4.78 is 24.6. The van der Waals surface area contributed by atoms with Crippen molar-refractivity contribution < 1.29 is 18.0 Å². The minimum atomic E-state index is -3.67. The van der Waals surface area contributed by atoms with Gasteiger partial charge in [0.15, 0.2) is 9.84 Å². The number of carbonyl (C=O) groups is 2. The maximum Gasteiger partial charge on any atom is 0.253 e. The third-order valence-electron chi connectivity index (χ3n) is 3.91. The number of sulfone groups is 1. The number of carbonyl (C=O) groups excluding carboxylic acids is 2. The highest BCUT2D eigenvalue weighted by Gasteiger charge is 2.19. The highest BCUT2D eigenvalue weighted by molar-refractivity contribution is 7.91. The van der Waals surface area contributed by atoms with E-state index in [1.54, 1.807) is 48.5 Å². The van der Waals surface area contributed by atoms with E-state index >= 15 is 0 Å². The molecular formula is C20H23ClN2O4S. The van der Waals surface area contributed by atoms with Crippen LogP contribution >= 0.6 is 11.6 Å². The van der Waals surface area contributed by atoms with Crippen LogP contribution in [0.1, 0.15) is 35.7 Å². The van der Waals surface area contributed by atoms with Crippen LogP contribution in [-0.4, -0.2) is 32.5 Å². The van der Waals surface area contributed by atoms with Gasteiger partial charge in [-0.05, 0) is 36.2 Å². The maximum atomic E-state index is 12.3. The SMILES string of the molecule is CCCCNC(=O)c1ccccc1NC(=O)CS(=O)(=O)Cc1ccc(Cl)cc1. The van der Waals surface area contributed by atoms with Gasteiger partial charge in [0.1, 0.15) is 5.75 Å². The Kier molecular flexibility index (Phi) is 8.02. The van der Waals surface area contributed by atoms with Crippen LogP contribution in [0.25, 0.3) is 0 Å². The lowest BCUT2D eigenvalue weighted by atomic mass is 10.1. The van der Waals surface area contributed by atoms with Crippen molar-refractivity contribution in [3.63, 3.8) is 0 Å². The normalized spacial score (nSPS) is 11.1. The molecule has 0 radical (unpaired) electrons. The van der Waals surface area contributed by atoms with Crippen molar-refractivity contribution in [2.24, 2.45) is 0 Å². The van der Waals surface area contributed by atoms with Gasteiger partial charge < -0.3 is 10.6 Å². The van der Waals surface area contributed by atoms with Crippen molar-refractivity contribution in [3.8, 4) is 0 Å². The summed E-state index contributed by atoms with van der Waals surface area (Å²) in [4.78, 5) is 24.5. The topological polar surface area (TPSA) is 92.3 Å². The molecule has 0 aliphatic carbocycles.